The van der Waals surface area contributed by atoms with Crippen molar-refractivity contribution < 1.29 is 10.1 Å². The number of tetrazole rings is 1. The maximum absolute atomic E-state index is 6.26. The lowest BCUT2D eigenvalue weighted by atomic mass is 10.1. The van der Waals surface area contributed by atoms with Crippen LogP contribution in [0.1, 0.15) is 22.9 Å². The monoisotopic (exact) mass is 411 g/mol. The van der Waals surface area contributed by atoms with E-state index in [1.807, 2.05) is 18.8 Å². The molecule has 29 heavy (non-hydrogen) atoms. The number of nitrogens with two attached hydrogens (primary N) is 1. The van der Waals surface area contributed by atoms with Gasteiger partial charge in [0.25, 0.3) is 0 Å². The fourth-order valence-electron chi connectivity index (χ4n) is 3.51. The Kier molecular flexibility index (Phi) is 5.84. The van der Waals surface area contributed by atoms with Crippen molar-refractivity contribution in [2.75, 3.05) is 31.3 Å². The number of anilines is 1. The Morgan fingerprint density at radius 3 is 2.69 bits per heavy atom. The van der Waals surface area contributed by atoms with Gasteiger partial charge in [-0.2, -0.15) is 4.68 Å². The van der Waals surface area contributed by atoms with Crippen molar-refractivity contribution in [2.24, 2.45) is 0 Å². The Hall–Kier alpha value is -2.42. The summed E-state index contributed by atoms with van der Waals surface area (Å²) >= 11 is 1.64. The molecule has 1 aromatic heterocycles. The molecule has 0 saturated carbocycles. The Balaban J connectivity index is 1.38. The second-order valence-corrected chi connectivity index (χ2v) is 8.60. The van der Waals surface area contributed by atoms with Gasteiger partial charge in [0.2, 0.25) is 11.4 Å². The van der Waals surface area contributed by atoms with Crippen molar-refractivity contribution in [3.05, 3.63) is 59.2 Å². The molecular weight excluding hydrogens is 384 g/mol. The van der Waals surface area contributed by atoms with Crippen molar-refractivity contribution in [1.82, 2.24) is 20.2 Å². The normalized spacial score (nSPS) is 18.9. The Morgan fingerprint density at radius 1 is 1.17 bits per heavy atom. The number of aromatic nitrogens is 4. The summed E-state index contributed by atoms with van der Waals surface area (Å²) in [7, 11) is 4.10. The van der Waals surface area contributed by atoms with E-state index < -0.39 is 0 Å². The van der Waals surface area contributed by atoms with Crippen LogP contribution in [0.25, 0.3) is 5.69 Å². The van der Waals surface area contributed by atoms with Crippen molar-refractivity contribution >= 4 is 17.4 Å². The Labute approximate surface area is 175 Å². The molecule has 7 nitrogen and oxygen atoms in total. The predicted octanol–water partition coefficient (Wildman–Crippen LogP) is 2.10. The maximum Gasteiger partial charge on any atom is 0.217 e. The first-order valence-corrected chi connectivity index (χ1v) is 10.7. The van der Waals surface area contributed by atoms with Crippen LogP contribution in [-0.4, -0.2) is 52.7 Å². The number of hydrogen-bond donors (Lipinski definition) is 1. The molecule has 2 aromatic carbocycles. The smallest absolute Gasteiger partial charge is 0.217 e. The zero-order valence-electron chi connectivity index (χ0n) is 17.2. The van der Waals surface area contributed by atoms with Crippen LogP contribution in [0.4, 0.5) is 5.69 Å². The van der Waals surface area contributed by atoms with E-state index in [-0.39, 0.29) is 12.3 Å². The van der Waals surface area contributed by atoms with Gasteiger partial charge < -0.3 is 15.0 Å². The minimum Gasteiger partial charge on any atom is -0.378 e. The summed E-state index contributed by atoms with van der Waals surface area (Å²) in [5.41, 5.74) is 5.79. The number of benzene rings is 2. The van der Waals surface area contributed by atoms with E-state index in [0.29, 0.717) is 0 Å². The standard InChI is InChI=1S/C21H26N6OS/c1-14-5-10-19(15(2)11-14)27-21(23-24-25-27)29-13-18-12-22-20(28-18)16-6-8-17(9-7-16)26(3)4/h5-11,18,20,22H,12-13H2,1-4H3/p+1/t18-,20-/m0/s1. The molecule has 1 aliphatic rings. The molecule has 0 bridgehead atoms. The lowest BCUT2D eigenvalue weighted by Gasteiger charge is -2.14. The van der Waals surface area contributed by atoms with E-state index in [1.54, 1.807) is 11.8 Å². The Bertz CT molecular complexity index is 972. The van der Waals surface area contributed by atoms with Crippen LogP contribution >= 0.6 is 11.8 Å². The number of hydrogen-bond acceptors (Lipinski definition) is 6. The van der Waals surface area contributed by atoms with Crippen LogP contribution in [0.3, 0.4) is 0 Å². The van der Waals surface area contributed by atoms with Gasteiger partial charge in [0.15, 0.2) is 0 Å². The van der Waals surface area contributed by atoms with Gasteiger partial charge in [-0.1, -0.05) is 29.5 Å². The van der Waals surface area contributed by atoms with Crippen molar-refractivity contribution in [1.29, 1.82) is 0 Å². The van der Waals surface area contributed by atoms with Gasteiger partial charge >= 0.3 is 0 Å². The SMILES string of the molecule is Cc1ccc(-n2nnnc2SC[C@@H]2C[NH2+][C@H](c3ccc(N(C)C)cc3)O2)c(C)c1. The molecule has 4 rings (SSSR count). The second kappa shape index (κ2) is 8.52. The number of aryl methyl sites for hydroxylation is 2. The van der Waals surface area contributed by atoms with E-state index in [0.717, 1.165) is 28.7 Å². The summed E-state index contributed by atoms with van der Waals surface area (Å²) in [6.07, 6.45) is 0.204. The number of thioether (sulfide) groups is 1. The molecule has 0 radical (unpaired) electrons. The molecular formula is C21H27N6OS+. The van der Waals surface area contributed by atoms with Gasteiger partial charge in [0.1, 0.15) is 12.6 Å². The first kappa shape index (κ1) is 19.9. The molecule has 2 heterocycles. The van der Waals surface area contributed by atoms with Gasteiger partial charge in [-0.3, -0.25) is 0 Å². The van der Waals surface area contributed by atoms with Crippen LogP contribution in [0.2, 0.25) is 0 Å². The van der Waals surface area contributed by atoms with Gasteiger partial charge in [-0.05, 0) is 60.2 Å². The van der Waals surface area contributed by atoms with Crippen molar-refractivity contribution in [3.63, 3.8) is 0 Å². The van der Waals surface area contributed by atoms with Crippen LogP contribution in [0, 0.1) is 13.8 Å². The predicted molar refractivity (Wildman–Crippen MR) is 115 cm³/mol. The lowest BCUT2D eigenvalue weighted by molar-refractivity contribution is -0.697. The first-order valence-electron chi connectivity index (χ1n) is 9.76. The van der Waals surface area contributed by atoms with E-state index in [2.05, 4.69) is 82.1 Å². The third kappa shape index (κ3) is 4.44. The Morgan fingerprint density at radius 2 is 1.97 bits per heavy atom. The summed E-state index contributed by atoms with van der Waals surface area (Å²) in [6, 6.07) is 14.9. The summed E-state index contributed by atoms with van der Waals surface area (Å²) < 4.78 is 8.08. The molecule has 3 aromatic rings. The number of quaternary nitrogens is 1. The van der Waals surface area contributed by atoms with E-state index in [4.69, 9.17) is 4.74 Å². The number of ether oxygens (including phenoxy) is 1. The van der Waals surface area contributed by atoms with Crippen LogP contribution < -0.4 is 10.2 Å². The quantitative estimate of drug-likeness (QED) is 0.627. The maximum atomic E-state index is 6.26. The van der Waals surface area contributed by atoms with Gasteiger partial charge in [0.05, 0.1) is 5.69 Å². The average Bonchev–Trinajstić information content (AvgIpc) is 3.36. The van der Waals surface area contributed by atoms with Gasteiger partial charge in [0, 0.05) is 31.1 Å². The van der Waals surface area contributed by atoms with E-state index in [9.17, 15) is 0 Å². The number of nitrogens with zero attached hydrogens (tertiary/aromatic N) is 5. The molecule has 1 saturated heterocycles. The molecule has 1 fully saturated rings. The summed E-state index contributed by atoms with van der Waals surface area (Å²) in [5.74, 6) is 0.814. The molecule has 152 valence electrons. The zero-order chi connectivity index (χ0) is 20.4. The van der Waals surface area contributed by atoms with Gasteiger partial charge in [-0.15, -0.1) is 5.10 Å². The summed E-state index contributed by atoms with van der Waals surface area (Å²) in [6.45, 7) is 5.10. The highest BCUT2D eigenvalue weighted by molar-refractivity contribution is 7.99. The summed E-state index contributed by atoms with van der Waals surface area (Å²) in [4.78, 5) is 2.10. The molecule has 8 heteroatoms. The molecule has 0 spiro atoms. The topological polar surface area (TPSA) is 72.7 Å². The molecule has 0 aliphatic carbocycles. The fourth-order valence-corrected chi connectivity index (χ4v) is 4.41. The third-order valence-electron chi connectivity index (χ3n) is 5.11. The fraction of sp³-hybridized carbons (Fsp3) is 0.381. The van der Waals surface area contributed by atoms with Crippen molar-refractivity contribution in [2.45, 2.75) is 31.3 Å². The number of rotatable bonds is 6. The molecule has 0 amide bonds. The van der Waals surface area contributed by atoms with Crippen LogP contribution in [0.5, 0.6) is 0 Å². The van der Waals surface area contributed by atoms with Crippen LogP contribution in [0.15, 0.2) is 47.6 Å². The molecule has 1 aliphatic heterocycles. The first-order chi connectivity index (χ1) is 14.0. The molecule has 0 unspecified atom stereocenters. The largest absolute Gasteiger partial charge is 0.378 e. The van der Waals surface area contributed by atoms with Gasteiger partial charge in [-0.25, -0.2) is 0 Å². The molecule has 2 N–H and O–H groups in total. The van der Waals surface area contributed by atoms with E-state index >= 15 is 0 Å². The third-order valence-corrected chi connectivity index (χ3v) is 6.16. The van der Waals surface area contributed by atoms with Crippen LogP contribution in [-0.2, 0) is 4.74 Å². The minimum atomic E-state index is 0.0483. The zero-order valence-corrected chi connectivity index (χ0v) is 18.1. The average molecular weight is 412 g/mol. The minimum absolute atomic E-state index is 0.0483. The summed E-state index contributed by atoms with van der Waals surface area (Å²) in [5, 5.41) is 15.3. The molecule has 2 atom stereocenters. The highest BCUT2D eigenvalue weighted by Gasteiger charge is 2.30. The highest BCUT2D eigenvalue weighted by Crippen LogP contribution is 2.25. The lowest BCUT2D eigenvalue weighted by Crippen LogP contribution is -2.82. The van der Waals surface area contributed by atoms with E-state index in [1.165, 1.54) is 16.8 Å². The van der Waals surface area contributed by atoms with Crippen molar-refractivity contribution in [3.8, 4) is 5.69 Å². The second-order valence-electron chi connectivity index (χ2n) is 7.61. The highest BCUT2D eigenvalue weighted by atomic mass is 32.2.